The summed E-state index contributed by atoms with van der Waals surface area (Å²) in [6, 6.07) is 8.09. The van der Waals surface area contributed by atoms with Gasteiger partial charge in [-0.3, -0.25) is 4.98 Å². The zero-order chi connectivity index (χ0) is 24.5. The Hall–Kier alpha value is -3.19. The van der Waals surface area contributed by atoms with Crippen molar-refractivity contribution in [2.75, 3.05) is 6.61 Å². The van der Waals surface area contributed by atoms with Crippen LogP contribution in [-0.2, 0) is 15.0 Å². The van der Waals surface area contributed by atoms with E-state index in [0.29, 0.717) is 0 Å². The first-order chi connectivity index (χ1) is 16.1. The van der Waals surface area contributed by atoms with Crippen molar-refractivity contribution in [1.82, 2.24) is 20.1 Å². The number of amides is 1. The number of alkyl carbamates (subject to hydrolysis) is 1. The molecule has 1 amide bonds. The molecule has 34 heavy (non-hydrogen) atoms. The van der Waals surface area contributed by atoms with Crippen molar-refractivity contribution < 1.29 is 14.3 Å². The average molecular weight is 463 g/mol. The van der Waals surface area contributed by atoms with Crippen LogP contribution < -0.4 is 5.32 Å². The Balaban J connectivity index is 1.61. The minimum absolute atomic E-state index is 0.0214. The maximum atomic E-state index is 12.3. The molecule has 1 aliphatic heterocycles. The number of pyridine rings is 1. The molecule has 7 heteroatoms. The Labute approximate surface area is 201 Å². The first kappa shape index (κ1) is 24.0. The molecule has 1 fully saturated rings. The second-order valence-electron chi connectivity index (χ2n) is 10.3. The van der Waals surface area contributed by atoms with E-state index in [1.807, 2.05) is 63.7 Å². The molecule has 1 atom stereocenters. The number of nitrogens with zero attached hydrogens (tertiary/aromatic N) is 3. The quantitative estimate of drug-likeness (QED) is 0.488. The second kappa shape index (κ2) is 9.22. The number of hydrogen-bond acceptors (Lipinski definition) is 5. The lowest BCUT2D eigenvalue weighted by Gasteiger charge is -2.29. The molecule has 0 aliphatic carbocycles. The molecule has 3 heterocycles. The lowest BCUT2D eigenvalue weighted by molar-refractivity contribution is -0.0366. The predicted octanol–water partition coefficient (Wildman–Crippen LogP) is 6.20. The Kier molecular flexibility index (Phi) is 6.49. The van der Waals surface area contributed by atoms with Gasteiger partial charge in [0.25, 0.3) is 0 Å². The minimum atomic E-state index is -0.639. The van der Waals surface area contributed by atoms with Gasteiger partial charge in [0, 0.05) is 23.8 Å². The van der Waals surface area contributed by atoms with Gasteiger partial charge in [-0.1, -0.05) is 24.8 Å². The zero-order valence-electron chi connectivity index (χ0n) is 20.7. The van der Waals surface area contributed by atoms with Gasteiger partial charge in [0.2, 0.25) is 0 Å². The summed E-state index contributed by atoms with van der Waals surface area (Å²) in [6.07, 6.45) is 8.27. The molecule has 1 N–H and O–H groups in total. The average Bonchev–Trinajstić information content (AvgIpc) is 3.21. The lowest BCUT2D eigenvalue weighted by atomic mass is 9.94. The van der Waals surface area contributed by atoms with Gasteiger partial charge < -0.3 is 14.8 Å². The van der Waals surface area contributed by atoms with E-state index in [0.717, 1.165) is 59.2 Å². The summed E-state index contributed by atoms with van der Waals surface area (Å²) in [5.74, 6) is 0. The molecular weight excluding hydrogens is 428 g/mol. The summed E-state index contributed by atoms with van der Waals surface area (Å²) < 4.78 is 13.3. The number of carbonyl (C=O) groups excluding carboxylic acids is 1. The second-order valence-corrected chi connectivity index (χ2v) is 10.3. The number of benzene rings is 1. The van der Waals surface area contributed by atoms with Crippen molar-refractivity contribution in [2.45, 2.75) is 71.2 Å². The largest absolute Gasteiger partial charge is 0.444 e. The highest BCUT2D eigenvalue weighted by Crippen LogP contribution is 2.33. The molecule has 0 bridgehead atoms. The number of rotatable bonds is 5. The molecule has 0 spiro atoms. The third-order valence-corrected chi connectivity index (χ3v) is 6.03. The summed E-state index contributed by atoms with van der Waals surface area (Å²) >= 11 is 0. The summed E-state index contributed by atoms with van der Waals surface area (Å²) in [7, 11) is 0. The summed E-state index contributed by atoms with van der Waals surface area (Å²) in [5, 5.41) is 8.59. The molecule has 0 radical (unpaired) electrons. The van der Waals surface area contributed by atoms with E-state index >= 15 is 0 Å². The lowest BCUT2D eigenvalue weighted by Crippen LogP contribution is -2.43. The monoisotopic (exact) mass is 462 g/mol. The van der Waals surface area contributed by atoms with Crippen LogP contribution in [0.2, 0.25) is 0 Å². The first-order valence-corrected chi connectivity index (χ1v) is 11.8. The van der Waals surface area contributed by atoms with Gasteiger partial charge in [-0.05, 0) is 77.1 Å². The van der Waals surface area contributed by atoms with E-state index in [4.69, 9.17) is 14.5 Å². The molecule has 180 valence electrons. The predicted molar refractivity (Wildman–Crippen MR) is 134 cm³/mol. The fourth-order valence-corrected chi connectivity index (χ4v) is 4.29. The van der Waals surface area contributed by atoms with Crippen molar-refractivity contribution in [1.29, 1.82) is 0 Å². The fourth-order valence-electron chi connectivity index (χ4n) is 4.29. The van der Waals surface area contributed by atoms with Crippen LogP contribution >= 0.6 is 0 Å². The van der Waals surface area contributed by atoms with Crippen molar-refractivity contribution >= 4 is 23.1 Å². The van der Waals surface area contributed by atoms with Gasteiger partial charge in [-0.2, -0.15) is 5.10 Å². The molecule has 1 unspecified atom stereocenters. The highest BCUT2D eigenvalue weighted by Gasteiger charge is 2.27. The summed E-state index contributed by atoms with van der Waals surface area (Å²) in [5.41, 5.74) is 3.52. The van der Waals surface area contributed by atoms with Crippen molar-refractivity contribution in [3.63, 3.8) is 0 Å². The van der Waals surface area contributed by atoms with Gasteiger partial charge in [0.1, 0.15) is 5.60 Å². The van der Waals surface area contributed by atoms with Crippen LogP contribution in [0.25, 0.3) is 28.2 Å². The maximum Gasteiger partial charge on any atom is 0.408 e. The molecule has 1 aromatic carbocycles. The number of carbonyl (C=O) groups is 1. The smallest absolute Gasteiger partial charge is 0.408 e. The highest BCUT2D eigenvalue weighted by molar-refractivity contribution is 5.94. The minimum Gasteiger partial charge on any atom is -0.444 e. The van der Waals surface area contributed by atoms with E-state index in [1.165, 1.54) is 0 Å². The van der Waals surface area contributed by atoms with Gasteiger partial charge >= 0.3 is 6.09 Å². The van der Waals surface area contributed by atoms with Crippen LogP contribution in [0.4, 0.5) is 4.79 Å². The summed E-state index contributed by atoms with van der Waals surface area (Å²) in [4.78, 5) is 17.0. The SMILES string of the molecule is C=Cc1c(-c2ccc(C(C)(C)NC(=O)OC(C)(C)C)cn2)ccc2c1cnn2C1CCCCO1. The van der Waals surface area contributed by atoms with Crippen LogP contribution in [-0.4, -0.2) is 33.1 Å². The third kappa shape index (κ3) is 4.99. The molecule has 1 saturated heterocycles. The topological polar surface area (TPSA) is 78.3 Å². The molecule has 1 aliphatic rings. The van der Waals surface area contributed by atoms with E-state index in [1.54, 1.807) is 6.20 Å². The van der Waals surface area contributed by atoms with Gasteiger partial charge in [-0.15, -0.1) is 0 Å². The van der Waals surface area contributed by atoms with E-state index in [9.17, 15) is 4.79 Å². The number of aromatic nitrogens is 3. The standard InChI is InChI=1S/C27H34N4O3/c1-7-19-20(12-14-23-21(19)17-29-31(23)24-10-8-9-15-33-24)22-13-11-18(16-28-22)27(5,6)30-25(32)34-26(2,3)4/h7,11-14,16-17,24H,1,8-10,15H2,2-6H3,(H,30,32). The number of hydrogen-bond donors (Lipinski definition) is 1. The van der Waals surface area contributed by atoms with Gasteiger partial charge in [0.15, 0.2) is 6.23 Å². The number of ether oxygens (including phenoxy) is 2. The molecule has 4 rings (SSSR count). The van der Waals surface area contributed by atoms with E-state index < -0.39 is 17.2 Å². The van der Waals surface area contributed by atoms with E-state index in [2.05, 4.69) is 29.1 Å². The first-order valence-electron chi connectivity index (χ1n) is 11.8. The highest BCUT2D eigenvalue weighted by atomic mass is 16.6. The Morgan fingerprint density at radius 2 is 1.97 bits per heavy atom. The summed E-state index contributed by atoms with van der Waals surface area (Å²) in [6.45, 7) is 14.2. The number of fused-ring (bicyclic) bond motifs is 1. The number of nitrogens with one attached hydrogen (secondary N) is 1. The Morgan fingerprint density at radius 1 is 1.18 bits per heavy atom. The fraction of sp³-hybridized carbons (Fsp3) is 0.444. The van der Waals surface area contributed by atoms with Gasteiger partial charge in [0.05, 0.1) is 22.9 Å². The zero-order valence-corrected chi connectivity index (χ0v) is 20.7. The van der Waals surface area contributed by atoms with Crippen molar-refractivity contribution in [3.05, 3.63) is 54.4 Å². The van der Waals surface area contributed by atoms with Crippen molar-refractivity contribution in [3.8, 4) is 11.3 Å². The molecule has 7 nitrogen and oxygen atoms in total. The normalized spacial score (nSPS) is 16.9. The Morgan fingerprint density at radius 3 is 2.59 bits per heavy atom. The van der Waals surface area contributed by atoms with Crippen LogP contribution in [0.1, 0.15) is 71.2 Å². The molecule has 0 saturated carbocycles. The Bertz CT molecular complexity index is 1180. The molecule has 3 aromatic rings. The molecule has 2 aromatic heterocycles. The molecular formula is C27H34N4O3. The van der Waals surface area contributed by atoms with Crippen molar-refractivity contribution in [2.24, 2.45) is 0 Å². The van der Waals surface area contributed by atoms with Crippen LogP contribution in [0.15, 0.2) is 43.2 Å². The van der Waals surface area contributed by atoms with Gasteiger partial charge in [-0.25, -0.2) is 9.48 Å². The third-order valence-electron chi connectivity index (χ3n) is 6.03. The maximum absolute atomic E-state index is 12.3. The van der Waals surface area contributed by atoms with E-state index in [-0.39, 0.29) is 6.23 Å². The van der Waals surface area contributed by atoms with Crippen LogP contribution in [0, 0.1) is 0 Å². The van der Waals surface area contributed by atoms with Crippen LogP contribution in [0.3, 0.4) is 0 Å². The van der Waals surface area contributed by atoms with Crippen LogP contribution in [0.5, 0.6) is 0 Å².